The number of nitrogens with two attached hydrogens (primary N) is 1. The van der Waals surface area contributed by atoms with Gasteiger partial charge in [0.2, 0.25) is 5.95 Å². The van der Waals surface area contributed by atoms with E-state index in [-0.39, 0.29) is 12.1 Å². The van der Waals surface area contributed by atoms with E-state index < -0.39 is 0 Å². The molecule has 0 saturated carbocycles. The molecule has 2 N–H and O–H groups in total. The number of aromatic nitrogens is 2. The standard InChI is InChI=1S/C19H26N4O3/c1-24-16-5-6-18(25-2)15(8-16)12-23(13-17-4-3-7-26-17)11-14-9-21-19(20)22-10-14/h5-6,8-10,17H,3-4,7,11-13H2,1-2H3,(H2,20,21,22). The second-order valence-corrected chi connectivity index (χ2v) is 6.43. The summed E-state index contributed by atoms with van der Waals surface area (Å²) in [5.74, 6) is 1.94. The summed E-state index contributed by atoms with van der Waals surface area (Å²) in [5.41, 5.74) is 7.68. The zero-order valence-corrected chi connectivity index (χ0v) is 15.4. The van der Waals surface area contributed by atoms with Gasteiger partial charge in [-0.3, -0.25) is 4.90 Å². The highest BCUT2D eigenvalue weighted by atomic mass is 16.5. The first-order valence-corrected chi connectivity index (χ1v) is 8.79. The largest absolute Gasteiger partial charge is 0.497 e. The van der Waals surface area contributed by atoms with Crippen LogP contribution < -0.4 is 15.2 Å². The van der Waals surface area contributed by atoms with Crippen molar-refractivity contribution in [2.45, 2.75) is 32.0 Å². The number of rotatable bonds is 8. The molecule has 7 nitrogen and oxygen atoms in total. The molecule has 26 heavy (non-hydrogen) atoms. The highest BCUT2D eigenvalue weighted by molar-refractivity contribution is 5.40. The van der Waals surface area contributed by atoms with Gasteiger partial charge in [-0.15, -0.1) is 0 Å². The van der Waals surface area contributed by atoms with Gasteiger partial charge >= 0.3 is 0 Å². The molecule has 1 aromatic heterocycles. The molecule has 0 radical (unpaired) electrons. The van der Waals surface area contributed by atoms with Crippen molar-refractivity contribution in [3.63, 3.8) is 0 Å². The Morgan fingerprint density at radius 2 is 2.00 bits per heavy atom. The third kappa shape index (κ3) is 4.83. The van der Waals surface area contributed by atoms with Gasteiger partial charge in [0.05, 0.1) is 20.3 Å². The number of nitrogens with zero attached hydrogens (tertiary/aromatic N) is 3. The van der Waals surface area contributed by atoms with Crippen molar-refractivity contribution in [2.24, 2.45) is 0 Å². The summed E-state index contributed by atoms with van der Waals surface area (Å²) in [5, 5.41) is 0. The minimum absolute atomic E-state index is 0.251. The normalized spacial score (nSPS) is 16.8. The first kappa shape index (κ1) is 18.4. The average Bonchev–Trinajstić information content (AvgIpc) is 3.16. The predicted molar refractivity (Wildman–Crippen MR) is 99.1 cm³/mol. The Morgan fingerprint density at radius 3 is 2.65 bits per heavy atom. The van der Waals surface area contributed by atoms with E-state index in [2.05, 4.69) is 14.9 Å². The van der Waals surface area contributed by atoms with Crippen LogP contribution in [0.1, 0.15) is 24.0 Å². The Morgan fingerprint density at radius 1 is 1.19 bits per heavy atom. The van der Waals surface area contributed by atoms with Crippen LogP contribution in [0.2, 0.25) is 0 Å². The maximum absolute atomic E-state index is 5.83. The van der Waals surface area contributed by atoms with Crippen LogP contribution in [0.3, 0.4) is 0 Å². The van der Waals surface area contributed by atoms with Gasteiger partial charge in [-0.2, -0.15) is 0 Å². The molecule has 1 aliphatic heterocycles. The van der Waals surface area contributed by atoms with E-state index in [1.165, 1.54) is 0 Å². The molecular formula is C19H26N4O3. The monoisotopic (exact) mass is 358 g/mol. The van der Waals surface area contributed by atoms with E-state index >= 15 is 0 Å². The molecule has 1 fully saturated rings. The first-order valence-electron chi connectivity index (χ1n) is 8.79. The summed E-state index contributed by atoms with van der Waals surface area (Å²) in [7, 11) is 3.35. The number of benzene rings is 1. The maximum Gasteiger partial charge on any atom is 0.219 e. The maximum atomic E-state index is 5.83. The average molecular weight is 358 g/mol. The van der Waals surface area contributed by atoms with Crippen LogP contribution >= 0.6 is 0 Å². The van der Waals surface area contributed by atoms with Crippen molar-refractivity contribution in [2.75, 3.05) is 33.1 Å². The summed E-state index contributed by atoms with van der Waals surface area (Å²) in [6.07, 6.45) is 6.00. The SMILES string of the molecule is COc1ccc(OC)c(CN(Cc2cnc(N)nc2)CC2CCCO2)c1. The quantitative estimate of drug-likeness (QED) is 0.775. The van der Waals surface area contributed by atoms with Crippen LogP contribution in [0, 0.1) is 0 Å². The van der Waals surface area contributed by atoms with Crippen molar-refractivity contribution >= 4 is 5.95 Å². The summed E-state index contributed by atoms with van der Waals surface area (Å²) < 4.78 is 16.7. The summed E-state index contributed by atoms with van der Waals surface area (Å²) in [4.78, 5) is 10.5. The number of hydrogen-bond donors (Lipinski definition) is 1. The number of anilines is 1. The highest BCUT2D eigenvalue weighted by Gasteiger charge is 2.21. The second-order valence-electron chi connectivity index (χ2n) is 6.43. The fourth-order valence-corrected chi connectivity index (χ4v) is 3.21. The molecule has 1 aromatic carbocycles. The van der Waals surface area contributed by atoms with Gasteiger partial charge in [-0.05, 0) is 31.0 Å². The Balaban J connectivity index is 1.79. The molecule has 2 aromatic rings. The van der Waals surface area contributed by atoms with E-state index in [1.54, 1.807) is 26.6 Å². The minimum atomic E-state index is 0.251. The molecule has 0 bridgehead atoms. The molecule has 2 heterocycles. The number of nitrogen functional groups attached to an aromatic ring is 1. The van der Waals surface area contributed by atoms with Crippen molar-refractivity contribution in [1.29, 1.82) is 0 Å². The minimum Gasteiger partial charge on any atom is -0.497 e. The Labute approximate surface area is 154 Å². The smallest absolute Gasteiger partial charge is 0.219 e. The van der Waals surface area contributed by atoms with Gasteiger partial charge in [-0.1, -0.05) is 0 Å². The van der Waals surface area contributed by atoms with E-state index in [0.29, 0.717) is 13.1 Å². The molecule has 3 rings (SSSR count). The lowest BCUT2D eigenvalue weighted by atomic mass is 10.1. The van der Waals surface area contributed by atoms with Crippen LogP contribution in [-0.2, 0) is 17.8 Å². The molecule has 1 unspecified atom stereocenters. The van der Waals surface area contributed by atoms with E-state index in [0.717, 1.165) is 48.6 Å². The van der Waals surface area contributed by atoms with Gasteiger partial charge in [-0.25, -0.2) is 9.97 Å². The van der Waals surface area contributed by atoms with Crippen LogP contribution in [0.25, 0.3) is 0 Å². The fourth-order valence-electron chi connectivity index (χ4n) is 3.21. The van der Waals surface area contributed by atoms with E-state index in [4.69, 9.17) is 19.9 Å². The van der Waals surface area contributed by atoms with Gasteiger partial charge in [0, 0.05) is 49.8 Å². The predicted octanol–water partition coefficient (Wildman–Crippen LogP) is 2.26. The Hall–Kier alpha value is -2.38. The highest BCUT2D eigenvalue weighted by Crippen LogP contribution is 2.26. The molecule has 7 heteroatoms. The zero-order valence-electron chi connectivity index (χ0n) is 15.4. The molecule has 0 spiro atoms. The first-order chi connectivity index (χ1) is 12.7. The molecule has 0 aliphatic carbocycles. The molecule has 140 valence electrons. The lowest BCUT2D eigenvalue weighted by Gasteiger charge is -2.26. The molecule has 1 atom stereocenters. The van der Waals surface area contributed by atoms with Crippen LogP contribution in [0.4, 0.5) is 5.95 Å². The fraction of sp³-hybridized carbons (Fsp3) is 0.474. The summed E-state index contributed by atoms with van der Waals surface area (Å²) >= 11 is 0. The second kappa shape index (κ2) is 8.82. The van der Waals surface area contributed by atoms with Gasteiger partial charge in [0.1, 0.15) is 11.5 Å². The van der Waals surface area contributed by atoms with Crippen molar-refractivity contribution < 1.29 is 14.2 Å². The zero-order chi connectivity index (χ0) is 18.4. The molecular weight excluding hydrogens is 332 g/mol. The van der Waals surface area contributed by atoms with Gasteiger partial charge in [0.25, 0.3) is 0 Å². The third-order valence-corrected chi connectivity index (χ3v) is 4.50. The van der Waals surface area contributed by atoms with Gasteiger partial charge < -0.3 is 19.9 Å². The molecule has 1 saturated heterocycles. The van der Waals surface area contributed by atoms with Crippen molar-refractivity contribution in [1.82, 2.24) is 14.9 Å². The van der Waals surface area contributed by atoms with Crippen molar-refractivity contribution in [3.8, 4) is 11.5 Å². The van der Waals surface area contributed by atoms with Crippen molar-refractivity contribution in [3.05, 3.63) is 41.7 Å². The topological polar surface area (TPSA) is 82.7 Å². The lowest BCUT2D eigenvalue weighted by molar-refractivity contribution is 0.0675. The summed E-state index contributed by atoms with van der Waals surface area (Å²) in [6.45, 7) is 3.10. The Bertz CT molecular complexity index is 702. The van der Waals surface area contributed by atoms with Crippen LogP contribution in [-0.4, -0.2) is 48.3 Å². The number of ether oxygens (including phenoxy) is 3. The number of methoxy groups -OCH3 is 2. The lowest BCUT2D eigenvalue weighted by Crippen LogP contribution is -2.31. The van der Waals surface area contributed by atoms with E-state index in [9.17, 15) is 0 Å². The third-order valence-electron chi connectivity index (χ3n) is 4.50. The number of hydrogen-bond acceptors (Lipinski definition) is 7. The van der Waals surface area contributed by atoms with E-state index in [1.807, 2.05) is 18.2 Å². The molecule has 1 aliphatic rings. The Kier molecular flexibility index (Phi) is 6.25. The molecule has 0 amide bonds. The van der Waals surface area contributed by atoms with Gasteiger partial charge in [0.15, 0.2) is 0 Å². The van der Waals surface area contributed by atoms with Crippen LogP contribution in [0.5, 0.6) is 11.5 Å². The summed E-state index contributed by atoms with van der Waals surface area (Å²) in [6, 6.07) is 5.85. The van der Waals surface area contributed by atoms with Crippen LogP contribution in [0.15, 0.2) is 30.6 Å².